The van der Waals surface area contributed by atoms with Gasteiger partial charge >= 0.3 is 5.97 Å². The van der Waals surface area contributed by atoms with Crippen molar-refractivity contribution in [3.8, 4) is 0 Å². The minimum absolute atomic E-state index is 0.297. The summed E-state index contributed by atoms with van der Waals surface area (Å²) in [7, 11) is 3.92. The van der Waals surface area contributed by atoms with Crippen LogP contribution < -0.4 is 4.90 Å². The molecular weight excluding hydrogens is 298 g/mol. The summed E-state index contributed by atoms with van der Waals surface area (Å²) < 4.78 is 5.73. The summed E-state index contributed by atoms with van der Waals surface area (Å²) in [6.45, 7) is 3.89. The van der Waals surface area contributed by atoms with Gasteiger partial charge < -0.3 is 9.64 Å². The van der Waals surface area contributed by atoms with Crippen molar-refractivity contribution in [3.05, 3.63) is 63.7 Å². The lowest BCUT2D eigenvalue weighted by Crippen LogP contribution is -2.25. The highest BCUT2D eigenvalue weighted by molar-refractivity contribution is 6.31. The molecule has 3 rings (SSSR count). The number of esters is 1. The number of carbonyl (C=O) groups is 1. The SMILES string of the molecule is Cc1cccc2c1C(C)(c1ccc(N(C)C)cc1Cl)OC2=O. The molecule has 0 saturated carbocycles. The Morgan fingerprint density at radius 1 is 1.18 bits per heavy atom. The Morgan fingerprint density at radius 2 is 1.91 bits per heavy atom. The number of hydrogen-bond donors (Lipinski definition) is 0. The smallest absolute Gasteiger partial charge is 0.339 e. The minimum atomic E-state index is -0.848. The zero-order valence-corrected chi connectivity index (χ0v) is 13.9. The standard InChI is InChI=1S/C18H18ClNO2/c1-11-6-5-7-13-16(11)18(2,22-17(13)21)14-9-8-12(20(3)4)10-15(14)19/h5-10H,1-4H3. The minimum Gasteiger partial charge on any atom is -0.446 e. The number of carbonyl (C=O) groups excluding carboxylic acids is 1. The summed E-state index contributed by atoms with van der Waals surface area (Å²) in [6, 6.07) is 11.5. The van der Waals surface area contributed by atoms with Gasteiger partial charge in [-0.2, -0.15) is 0 Å². The van der Waals surface area contributed by atoms with Crippen LogP contribution in [0, 0.1) is 6.92 Å². The highest BCUT2D eigenvalue weighted by Gasteiger charge is 2.45. The zero-order valence-electron chi connectivity index (χ0n) is 13.1. The van der Waals surface area contributed by atoms with E-state index in [4.69, 9.17) is 16.3 Å². The lowest BCUT2D eigenvalue weighted by atomic mass is 9.84. The maximum Gasteiger partial charge on any atom is 0.339 e. The second kappa shape index (κ2) is 5.03. The molecule has 0 spiro atoms. The third kappa shape index (κ3) is 2.08. The first kappa shape index (κ1) is 14.9. The van der Waals surface area contributed by atoms with Crippen LogP contribution in [0.2, 0.25) is 5.02 Å². The van der Waals surface area contributed by atoms with Gasteiger partial charge in [0, 0.05) is 30.9 Å². The molecule has 0 saturated heterocycles. The average molecular weight is 316 g/mol. The molecule has 1 atom stereocenters. The molecule has 22 heavy (non-hydrogen) atoms. The topological polar surface area (TPSA) is 29.5 Å². The summed E-state index contributed by atoms with van der Waals surface area (Å²) in [4.78, 5) is 14.2. The molecule has 2 aromatic carbocycles. The lowest BCUT2D eigenvalue weighted by molar-refractivity contribution is 0.0179. The van der Waals surface area contributed by atoms with Crippen molar-refractivity contribution in [1.82, 2.24) is 0 Å². The molecule has 1 heterocycles. The Bertz CT molecular complexity index is 770. The first-order valence-electron chi connectivity index (χ1n) is 7.15. The molecule has 0 aliphatic carbocycles. The summed E-state index contributed by atoms with van der Waals surface area (Å²) in [5, 5.41) is 0.595. The van der Waals surface area contributed by atoms with E-state index < -0.39 is 5.60 Å². The molecule has 114 valence electrons. The van der Waals surface area contributed by atoms with Gasteiger partial charge in [-0.15, -0.1) is 0 Å². The predicted octanol–water partition coefficient (Wildman–Crippen LogP) is 4.15. The Hall–Kier alpha value is -2.00. The number of hydrogen-bond acceptors (Lipinski definition) is 3. The van der Waals surface area contributed by atoms with Crippen LogP contribution in [-0.4, -0.2) is 20.1 Å². The van der Waals surface area contributed by atoms with E-state index in [0.29, 0.717) is 10.6 Å². The number of anilines is 1. The molecule has 1 aliphatic rings. The van der Waals surface area contributed by atoms with Crippen LogP contribution in [0.25, 0.3) is 0 Å². The molecule has 1 unspecified atom stereocenters. The molecule has 3 nitrogen and oxygen atoms in total. The van der Waals surface area contributed by atoms with Gasteiger partial charge in [-0.3, -0.25) is 0 Å². The van der Waals surface area contributed by atoms with Crippen LogP contribution in [0.15, 0.2) is 36.4 Å². The number of ether oxygens (including phenoxy) is 1. The summed E-state index contributed by atoms with van der Waals surface area (Å²) in [5.41, 5.74) is 3.51. The second-order valence-electron chi connectivity index (χ2n) is 5.98. The summed E-state index contributed by atoms with van der Waals surface area (Å²) >= 11 is 6.49. The van der Waals surface area contributed by atoms with Gasteiger partial charge in [0.25, 0.3) is 0 Å². The fourth-order valence-corrected chi connectivity index (χ4v) is 3.48. The zero-order chi connectivity index (χ0) is 16.1. The molecule has 0 aromatic heterocycles. The number of aryl methyl sites for hydroxylation is 1. The van der Waals surface area contributed by atoms with Crippen LogP contribution in [0.1, 0.15) is 34.0 Å². The van der Waals surface area contributed by atoms with Gasteiger partial charge in [0.1, 0.15) is 0 Å². The van der Waals surface area contributed by atoms with E-state index in [1.54, 1.807) is 6.07 Å². The van der Waals surface area contributed by atoms with Gasteiger partial charge in [0.2, 0.25) is 0 Å². The monoisotopic (exact) mass is 315 g/mol. The number of fused-ring (bicyclic) bond motifs is 1. The Morgan fingerprint density at radius 3 is 2.55 bits per heavy atom. The Balaban J connectivity index is 2.20. The van der Waals surface area contributed by atoms with E-state index in [1.165, 1.54) is 0 Å². The highest BCUT2D eigenvalue weighted by atomic mass is 35.5. The lowest BCUT2D eigenvalue weighted by Gasteiger charge is -2.27. The van der Waals surface area contributed by atoms with E-state index in [-0.39, 0.29) is 5.97 Å². The number of nitrogens with zero attached hydrogens (tertiary/aromatic N) is 1. The quantitative estimate of drug-likeness (QED) is 0.780. The normalized spacial score (nSPS) is 19.8. The van der Waals surface area contributed by atoms with Gasteiger partial charge in [0.15, 0.2) is 5.60 Å². The predicted molar refractivity (Wildman–Crippen MR) is 88.8 cm³/mol. The maximum absolute atomic E-state index is 12.2. The van der Waals surface area contributed by atoms with E-state index in [2.05, 4.69) is 0 Å². The molecule has 0 radical (unpaired) electrons. The van der Waals surface area contributed by atoms with Crippen molar-refractivity contribution in [2.75, 3.05) is 19.0 Å². The van der Waals surface area contributed by atoms with Gasteiger partial charge in [-0.05, 0) is 37.6 Å². The van der Waals surface area contributed by atoms with Crippen LogP contribution in [0.5, 0.6) is 0 Å². The number of halogens is 1. The van der Waals surface area contributed by atoms with Crippen molar-refractivity contribution in [2.24, 2.45) is 0 Å². The van der Waals surface area contributed by atoms with Crippen LogP contribution in [-0.2, 0) is 10.3 Å². The van der Waals surface area contributed by atoms with E-state index in [1.807, 2.05) is 63.2 Å². The maximum atomic E-state index is 12.2. The molecule has 0 bridgehead atoms. The molecule has 0 N–H and O–H groups in total. The highest BCUT2D eigenvalue weighted by Crippen LogP contribution is 2.46. The third-order valence-electron chi connectivity index (χ3n) is 4.25. The average Bonchev–Trinajstić information content (AvgIpc) is 2.72. The summed E-state index contributed by atoms with van der Waals surface area (Å²) in [6.07, 6.45) is 0. The van der Waals surface area contributed by atoms with Crippen LogP contribution >= 0.6 is 11.6 Å². The number of rotatable bonds is 2. The molecule has 4 heteroatoms. The van der Waals surface area contributed by atoms with Gasteiger partial charge in [-0.25, -0.2) is 4.79 Å². The summed E-state index contributed by atoms with van der Waals surface area (Å²) in [5.74, 6) is -0.297. The first-order chi connectivity index (χ1) is 10.3. The van der Waals surface area contributed by atoms with Gasteiger partial charge in [0.05, 0.1) is 10.6 Å². The van der Waals surface area contributed by atoms with Crippen molar-refractivity contribution < 1.29 is 9.53 Å². The molecule has 2 aromatic rings. The fraction of sp³-hybridized carbons (Fsp3) is 0.278. The van der Waals surface area contributed by atoms with Crippen molar-refractivity contribution in [1.29, 1.82) is 0 Å². The number of benzene rings is 2. The third-order valence-corrected chi connectivity index (χ3v) is 4.56. The molecule has 1 aliphatic heterocycles. The van der Waals surface area contributed by atoms with Crippen molar-refractivity contribution in [3.63, 3.8) is 0 Å². The van der Waals surface area contributed by atoms with Gasteiger partial charge in [-0.1, -0.05) is 29.8 Å². The second-order valence-corrected chi connectivity index (χ2v) is 6.39. The fourth-order valence-electron chi connectivity index (χ4n) is 3.12. The molecule has 0 fully saturated rings. The molecular formula is C18H18ClNO2. The van der Waals surface area contributed by atoms with E-state index in [0.717, 1.165) is 22.4 Å². The first-order valence-corrected chi connectivity index (χ1v) is 7.53. The van der Waals surface area contributed by atoms with Crippen LogP contribution in [0.3, 0.4) is 0 Å². The van der Waals surface area contributed by atoms with E-state index in [9.17, 15) is 4.79 Å². The Labute approximate surface area is 135 Å². The van der Waals surface area contributed by atoms with Crippen molar-refractivity contribution >= 4 is 23.3 Å². The van der Waals surface area contributed by atoms with E-state index >= 15 is 0 Å². The molecule has 0 amide bonds. The van der Waals surface area contributed by atoms with Crippen molar-refractivity contribution in [2.45, 2.75) is 19.4 Å². The Kier molecular flexibility index (Phi) is 3.41. The number of cyclic esters (lactones) is 1. The largest absolute Gasteiger partial charge is 0.446 e. The van der Waals surface area contributed by atoms with Crippen LogP contribution in [0.4, 0.5) is 5.69 Å².